The molecule has 2 heterocycles. The molecule has 2 saturated heterocycles. The second-order valence-electron chi connectivity index (χ2n) is 7.56. The second-order valence-corrected chi connectivity index (χ2v) is 7.56. The average Bonchev–Trinajstić information content (AvgIpc) is 3.17. The van der Waals surface area contributed by atoms with Crippen LogP contribution in [0.4, 0.5) is 0 Å². The molecule has 1 atom stereocenters. The van der Waals surface area contributed by atoms with Gasteiger partial charge in [-0.2, -0.15) is 0 Å². The third-order valence-electron chi connectivity index (χ3n) is 5.51. The minimum absolute atomic E-state index is 0.248. The Morgan fingerprint density at radius 1 is 1.17 bits per heavy atom. The van der Waals surface area contributed by atoms with Gasteiger partial charge in [-0.1, -0.05) is 30.3 Å². The van der Waals surface area contributed by atoms with Crippen molar-refractivity contribution in [3.05, 3.63) is 35.9 Å². The molecule has 1 amide bonds. The molecule has 29 heavy (non-hydrogen) atoms. The molecule has 1 aromatic carbocycles. The van der Waals surface area contributed by atoms with Crippen LogP contribution in [0.15, 0.2) is 35.3 Å². The maximum absolute atomic E-state index is 11.7. The van der Waals surface area contributed by atoms with E-state index < -0.39 is 0 Å². The molecule has 0 aliphatic carbocycles. The van der Waals surface area contributed by atoms with Crippen LogP contribution in [0.2, 0.25) is 0 Å². The van der Waals surface area contributed by atoms with Crippen molar-refractivity contribution in [2.45, 2.75) is 32.2 Å². The SMILES string of the molecule is CCNC(=NCC(c1ccccc1)N1CCOCC1)NCCCN1CCCC1=O. The van der Waals surface area contributed by atoms with Crippen LogP contribution >= 0.6 is 0 Å². The van der Waals surface area contributed by atoms with E-state index in [9.17, 15) is 4.79 Å². The summed E-state index contributed by atoms with van der Waals surface area (Å²) >= 11 is 0. The number of amides is 1. The van der Waals surface area contributed by atoms with E-state index in [1.165, 1.54) is 5.56 Å². The summed E-state index contributed by atoms with van der Waals surface area (Å²) in [5.74, 6) is 1.14. The van der Waals surface area contributed by atoms with E-state index in [0.717, 1.165) is 71.3 Å². The zero-order chi connectivity index (χ0) is 20.3. The highest BCUT2D eigenvalue weighted by molar-refractivity contribution is 5.80. The fourth-order valence-corrected chi connectivity index (χ4v) is 3.93. The van der Waals surface area contributed by atoms with Crippen molar-refractivity contribution in [3.63, 3.8) is 0 Å². The number of morpholine rings is 1. The lowest BCUT2D eigenvalue weighted by atomic mass is 10.1. The molecule has 7 heteroatoms. The Bertz CT molecular complexity index is 646. The number of rotatable bonds is 9. The maximum Gasteiger partial charge on any atom is 0.222 e. The minimum Gasteiger partial charge on any atom is -0.379 e. The fourth-order valence-electron chi connectivity index (χ4n) is 3.93. The lowest BCUT2D eigenvalue weighted by molar-refractivity contribution is -0.127. The highest BCUT2D eigenvalue weighted by Crippen LogP contribution is 2.22. The van der Waals surface area contributed by atoms with Gasteiger partial charge in [-0.15, -0.1) is 0 Å². The Morgan fingerprint density at radius 2 is 1.97 bits per heavy atom. The van der Waals surface area contributed by atoms with Crippen molar-refractivity contribution in [1.82, 2.24) is 20.4 Å². The first-order valence-electron chi connectivity index (χ1n) is 10.9. The van der Waals surface area contributed by atoms with Crippen LogP contribution in [-0.4, -0.2) is 80.7 Å². The van der Waals surface area contributed by atoms with Crippen LogP contribution in [0, 0.1) is 0 Å². The van der Waals surface area contributed by atoms with Gasteiger partial charge < -0.3 is 20.3 Å². The highest BCUT2D eigenvalue weighted by Gasteiger charge is 2.22. The molecule has 0 spiro atoms. The lowest BCUT2D eigenvalue weighted by Crippen LogP contribution is -2.42. The van der Waals surface area contributed by atoms with Crippen LogP contribution < -0.4 is 10.6 Å². The number of benzene rings is 1. The Kier molecular flexibility index (Phi) is 8.77. The molecule has 1 unspecified atom stereocenters. The Labute approximate surface area is 174 Å². The molecule has 0 radical (unpaired) electrons. The van der Waals surface area contributed by atoms with Crippen molar-refractivity contribution in [1.29, 1.82) is 0 Å². The van der Waals surface area contributed by atoms with Gasteiger partial charge in [0.2, 0.25) is 5.91 Å². The molecule has 0 bridgehead atoms. The molecule has 160 valence electrons. The Balaban J connectivity index is 1.55. The monoisotopic (exact) mass is 401 g/mol. The van der Waals surface area contributed by atoms with Crippen molar-refractivity contribution < 1.29 is 9.53 Å². The number of guanidine groups is 1. The molecule has 1 aromatic rings. The molecule has 2 fully saturated rings. The topological polar surface area (TPSA) is 69.2 Å². The third kappa shape index (κ3) is 6.72. The molecule has 2 aliphatic heterocycles. The summed E-state index contributed by atoms with van der Waals surface area (Å²) in [7, 11) is 0. The van der Waals surface area contributed by atoms with E-state index in [4.69, 9.17) is 9.73 Å². The lowest BCUT2D eigenvalue weighted by Gasteiger charge is -2.34. The molecule has 0 aromatic heterocycles. The van der Waals surface area contributed by atoms with Crippen LogP contribution in [0.1, 0.15) is 37.8 Å². The van der Waals surface area contributed by atoms with Gasteiger partial charge in [-0.05, 0) is 25.3 Å². The first-order valence-corrected chi connectivity index (χ1v) is 10.9. The number of carbonyl (C=O) groups excluding carboxylic acids is 1. The predicted octanol–water partition coefficient (Wildman–Crippen LogP) is 1.63. The van der Waals surface area contributed by atoms with Gasteiger partial charge in [0.1, 0.15) is 0 Å². The van der Waals surface area contributed by atoms with E-state index in [0.29, 0.717) is 18.9 Å². The van der Waals surface area contributed by atoms with Crippen LogP contribution in [0.5, 0.6) is 0 Å². The van der Waals surface area contributed by atoms with E-state index in [1.54, 1.807) is 0 Å². The molecule has 0 saturated carbocycles. The average molecular weight is 402 g/mol. The fraction of sp³-hybridized carbons (Fsp3) is 0.636. The molecule has 3 rings (SSSR count). The number of likely N-dealkylation sites (tertiary alicyclic amines) is 1. The largest absolute Gasteiger partial charge is 0.379 e. The van der Waals surface area contributed by atoms with E-state index in [2.05, 4.69) is 52.8 Å². The van der Waals surface area contributed by atoms with Gasteiger partial charge in [0.25, 0.3) is 0 Å². The van der Waals surface area contributed by atoms with Crippen LogP contribution in [0.3, 0.4) is 0 Å². The first-order chi connectivity index (χ1) is 14.3. The summed E-state index contributed by atoms with van der Waals surface area (Å²) in [6, 6.07) is 10.9. The quantitative estimate of drug-likeness (QED) is 0.374. The zero-order valence-corrected chi connectivity index (χ0v) is 17.6. The van der Waals surface area contributed by atoms with E-state index in [-0.39, 0.29) is 6.04 Å². The molecular formula is C22H35N5O2. The van der Waals surface area contributed by atoms with Gasteiger partial charge in [-0.25, -0.2) is 0 Å². The highest BCUT2D eigenvalue weighted by atomic mass is 16.5. The summed E-state index contributed by atoms with van der Waals surface area (Å²) in [6.45, 7) is 9.57. The van der Waals surface area contributed by atoms with Crippen LogP contribution in [0.25, 0.3) is 0 Å². The van der Waals surface area contributed by atoms with Crippen LogP contribution in [-0.2, 0) is 9.53 Å². The number of aliphatic imine (C=N–C) groups is 1. The van der Waals surface area contributed by atoms with Crippen molar-refractivity contribution in [2.24, 2.45) is 4.99 Å². The summed E-state index contributed by atoms with van der Waals surface area (Å²) in [5.41, 5.74) is 1.29. The van der Waals surface area contributed by atoms with Gasteiger partial charge in [0.05, 0.1) is 25.8 Å². The van der Waals surface area contributed by atoms with E-state index >= 15 is 0 Å². The van der Waals surface area contributed by atoms with Gasteiger partial charge >= 0.3 is 0 Å². The summed E-state index contributed by atoms with van der Waals surface area (Å²) < 4.78 is 5.53. The standard InChI is InChI=1S/C22H35N5O2/c1-2-23-22(24-11-7-13-27-12-6-10-21(27)28)25-18-20(19-8-4-3-5-9-19)26-14-16-29-17-15-26/h3-5,8-9,20H,2,6-7,10-18H2,1H3,(H2,23,24,25). The van der Waals surface area contributed by atoms with Gasteiger partial charge in [-0.3, -0.25) is 14.7 Å². The van der Waals surface area contributed by atoms with Crippen molar-refractivity contribution >= 4 is 11.9 Å². The maximum atomic E-state index is 11.7. The van der Waals surface area contributed by atoms with Crippen molar-refractivity contribution in [3.8, 4) is 0 Å². The third-order valence-corrected chi connectivity index (χ3v) is 5.51. The molecule has 2 aliphatic rings. The number of nitrogens with zero attached hydrogens (tertiary/aromatic N) is 3. The van der Waals surface area contributed by atoms with Gasteiger partial charge in [0.15, 0.2) is 5.96 Å². The normalized spacial score (nSPS) is 19.4. The first kappa shape index (κ1) is 21.6. The summed E-state index contributed by atoms with van der Waals surface area (Å²) in [4.78, 5) is 21.0. The zero-order valence-electron chi connectivity index (χ0n) is 17.6. The number of nitrogens with one attached hydrogen (secondary N) is 2. The number of hydrogen-bond donors (Lipinski definition) is 2. The molecule has 7 nitrogen and oxygen atoms in total. The summed E-state index contributed by atoms with van der Waals surface area (Å²) in [5, 5.41) is 6.77. The number of carbonyl (C=O) groups is 1. The number of hydrogen-bond acceptors (Lipinski definition) is 4. The second kappa shape index (κ2) is 11.8. The minimum atomic E-state index is 0.248. The smallest absolute Gasteiger partial charge is 0.222 e. The van der Waals surface area contributed by atoms with Gasteiger partial charge in [0, 0.05) is 45.7 Å². The Morgan fingerprint density at radius 3 is 2.66 bits per heavy atom. The van der Waals surface area contributed by atoms with E-state index in [1.807, 2.05) is 4.90 Å². The molecule has 2 N–H and O–H groups in total. The predicted molar refractivity (Wildman–Crippen MR) is 116 cm³/mol. The van der Waals surface area contributed by atoms with Crippen molar-refractivity contribution in [2.75, 3.05) is 59.0 Å². The Hall–Kier alpha value is -2.12. The summed E-state index contributed by atoms with van der Waals surface area (Å²) in [6.07, 6.45) is 2.64. The number of ether oxygens (including phenoxy) is 1. The molecular weight excluding hydrogens is 366 g/mol.